The molecule has 66 heavy (non-hydrogen) atoms. The van der Waals surface area contributed by atoms with Gasteiger partial charge in [0, 0.05) is 19.4 Å². The lowest BCUT2D eigenvalue weighted by atomic mass is 10.0. The SMILES string of the molecule is CCCCC/C=C\C/C=C\CCCCCCCCCCCC(=O)OC[C@@H](COCCCCCCCCCCCCCCCCCC)OC(=O)CCCCCCC/C=C\C/C=C\CCCCC. The molecule has 386 valence electrons. The van der Waals surface area contributed by atoms with Crippen LogP contribution in [0.25, 0.3) is 0 Å². The second-order valence-electron chi connectivity index (χ2n) is 19.5. The number of unbranched alkanes of at least 4 members (excludes halogenated alkanes) is 35. The summed E-state index contributed by atoms with van der Waals surface area (Å²) in [5.74, 6) is -0.402. The molecule has 0 heterocycles. The Morgan fingerprint density at radius 3 is 1.03 bits per heavy atom. The molecular weight excluding hydrogens is 813 g/mol. The van der Waals surface area contributed by atoms with Crippen LogP contribution < -0.4 is 0 Å². The molecule has 0 fully saturated rings. The summed E-state index contributed by atoms with van der Waals surface area (Å²) < 4.78 is 17.5. The van der Waals surface area contributed by atoms with E-state index >= 15 is 0 Å². The fourth-order valence-electron chi connectivity index (χ4n) is 8.45. The minimum absolute atomic E-state index is 0.0810. The Hall–Kier alpha value is -2.14. The summed E-state index contributed by atoms with van der Waals surface area (Å²) in [7, 11) is 0. The van der Waals surface area contributed by atoms with Gasteiger partial charge in [-0.25, -0.2) is 0 Å². The van der Waals surface area contributed by atoms with Gasteiger partial charge in [-0.2, -0.15) is 0 Å². The third-order valence-electron chi connectivity index (χ3n) is 12.8. The van der Waals surface area contributed by atoms with Crippen molar-refractivity contribution in [3.05, 3.63) is 48.6 Å². The molecule has 0 rings (SSSR count). The fraction of sp³-hybridized carbons (Fsp3) is 0.836. The highest BCUT2D eigenvalue weighted by molar-refractivity contribution is 5.70. The van der Waals surface area contributed by atoms with E-state index in [-0.39, 0.29) is 25.2 Å². The van der Waals surface area contributed by atoms with Gasteiger partial charge < -0.3 is 14.2 Å². The Morgan fingerprint density at radius 2 is 0.636 bits per heavy atom. The first-order chi connectivity index (χ1) is 32.6. The van der Waals surface area contributed by atoms with E-state index < -0.39 is 6.10 Å². The summed E-state index contributed by atoms with van der Waals surface area (Å²) in [6, 6.07) is 0. The average Bonchev–Trinajstić information content (AvgIpc) is 3.32. The van der Waals surface area contributed by atoms with Crippen LogP contribution in [0.15, 0.2) is 48.6 Å². The van der Waals surface area contributed by atoms with Gasteiger partial charge in [-0.1, -0.05) is 256 Å². The van der Waals surface area contributed by atoms with Gasteiger partial charge in [0.05, 0.1) is 6.61 Å². The Bertz CT molecular complexity index is 1090. The molecule has 0 aliphatic heterocycles. The van der Waals surface area contributed by atoms with Gasteiger partial charge in [-0.05, 0) is 83.5 Å². The summed E-state index contributed by atoms with van der Waals surface area (Å²) in [6.45, 7) is 7.81. The summed E-state index contributed by atoms with van der Waals surface area (Å²) in [6.07, 6.45) is 71.3. The number of hydrogen-bond donors (Lipinski definition) is 0. The molecule has 0 bridgehead atoms. The fourth-order valence-corrected chi connectivity index (χ4v) is 8.45. The molecule has 5 nitrogen and oxygen atoms in total. The quantitative estimate of drug-likeness (QED) is 0.0345. The van der Waals surface area contributed by atoms with Crippen LogP contribution >= 0.6 is 0 Å². The topological polar surface area (TPSA) is 61.8 Å². The lowest BCUT2D eigenvalue weighted by Crippen LogP contribution is -2.30. The molecule has 0 aliphatic rings. The van der Waals surface area contributed by atoms with Crippen LogP contribution in [0.2, 0.25) is 0 Å². The van der Waals surface area contributed by atoms with Crippen molar-refractivity contribution in [3.8, 4) is 0 Å². The molecular formula is C61H112O5. The van der Waals surface area contributed by atoms with Crippen molar-refractivity contribution in [1.82, 2.24) is 0 Å². The zero-order valence-electron chi connectivity index (χ0n) is 44.5. The van der Waals surface area contributed by atoms with Crippen molar-refractivity contribution < 1.29 is 23.8 Å². The van der Waals surface area contributed by atoms with Crippen LogP contribution in [0.3, 0.4) is 0 Å². The third-order valence-corrected chi connectivity index (χ3v) is 12.8. The molecule has 1 atom stereocenters. The Balaban J connectivity index is 4.25. The van der Waals surface area contributed by atoms with Crippen LogP contribution in [-0.4, -0.2) is 37.9 Å². The number of rotatable bonds is 54. The Morgan fingerprint density at radius 1 is 0.333 bits per heavy atom. The van der Waals surface area contributed by atoms with Crippen molar-refractivity contribution in [2.24, 2.45) is 0 Å². The smallest absolute Gasteiger partial charge is 0.306 e. The molecule has 0 aromatic carbocycles. The number of carbonyl (C=O) groups excluding carboxylic acids is 2. The summed E-state index contributed by atoms with van der Waals surface area (Å²) in [5.41, 5.74) is 0. The zero-order chi connectivity index (χ0) is 47.7. The monoisotopic (exact) mass is 925 g/mol. The first kappa shape index (κ1) is 63.9. The molecule has 0 aliphatic carbocycles. The second kappa shape index (κ2) is 57.2. The van der Waals surface area contributed by atoms with Gasteiger partial charge in [0.15, 0.2) is 6.10 Å². The van der Waals surface area contributed by atoms with Crippen LogP contribution in [0.5, 0.6) is 0 Å². The van der Waals surface area contributed by atoms with E-state index in [0.717, 1.165) is 57.8 Å². The molecule has 0 aromatic rings. The first-order valence-electron chi connectivity index (χ1n) is 29.2. The molecule has 0 N–H and O–H groups in total. The van der Waals surface area contributed by atoms with Crippen LogP contribution in [0.1, 0.15) is 303 Å². The van der Waals surface area contributed by atoms with Crippen molar-refractivity contribution in [2.45, 2.75) is 309 Å². The van der Waals surface area contributed by atoms with Crippen LogP contribution in [-0.2, 0) is 23.8 Å². The molecule has 0 saturated carbocycles. The van der Waals surface area contributed by atoms with Gasteiger partial charge in [0.25, 0.3) is 0 Å². The van der Waals surface area contributed by atoms with Gasteiger partial charge >= 0.3 is 11.9 Å². The Kier molecular flexibility index (Phi) is 55.3. The van der Waals surface area contributed by atoms with Crippen molar-refractivity contribution >= 4 is 11.9 Å². The van der Waals surface area contributed by atoms with E-state index in [4.69, 9.17) is 14.2 Å². The molecule has 5 heteroatoms. The number of ether oxygens (including phenoxy) is 3. The summed E-state index contributed by atoms with van der Waals surface area (Å²) in [5, 5.41) is 0. The van der Waals surface area contributed by atoms with Gasteiger partial charge in [-0.3, -0.25) is 9.59 Å². The highest BCUT2D eigenvalue weighted by Crippen LogP contribution is 2.16. The predicted octanol–water partition coefficient (Wildman–Crippen LogP) is 19.9. The standard InChI is InChI=1S/C61H112O5/c1-4-7-10-13-16-19-22-25-28-30-31-32-34-36-39-42-45-48-51-54-60(62)65-58-59(57-64-56-53-50-47-44-41-38-35-29-26-23-20-17-14-11-8-5-2)66-61(63)55-52-49-46-43-40-37-33-27-24-21-18-15-12-9-6-3/h16,18-19,21,25,27-28,33,59H,4-15,17,20,22-24,26,29-32,34-58H2,1-3H3/b19-16-,21-18-,28-25-,33-27-/t59-/m1/s1. The van der Waals surface area contributed by atoms with Gasteiger partial charge in [0.2, 0.25) is 0 Å². The van der Waals surface area contributed by atoms with Crippen molar-refractivity contribution in [3.63, 3.8) is 0 Å². The lowest BCUT2D eigenvalue weighted by molar-refractivity contribution is -0.163. The highest BCUT2D eigenvalue weighted by Gasteiger charge is 2.17. The summed E-state index contributed by atoms with van der Waals surface area (Å²) in [4.78, 5) is 25.5. The van der Waals surface area contributed by atoms with Gasteiger partial charge in [-0.15, -0.1) is 0 Å². The molecule has 0 amide bonds. The maximum absolute atomic E-state index is 12.8. The number of allylic oxidation sites excluding steroid dienone is 8. The molecule has 0 aromatic heterocycles. The number of hydrogen-bond acceptors (Lipinski definition) is 5. The van der Waals surface area contributed by atoms with E-state index in [0.29, 0.717) is 19.4 Å². The Labute approximate surface area is 412 Å². The maximum atomic E-state index is 12.8. The van der Waals surface area contributed by atoms with Crippen molar-refractivity contribution in [1.29, 1.82) is 0 Å². The average molecular weight is 926 g/mol. The zero-order valence-corrected chi connectivity index (χ0v) is 44.5. The molecule has 0 saturated heterocycles. The number of carbonyl (C=O) groups is 2. The van der Waals surface area contributed by atoms with Crippen LogP contribution in [0, 0.1) is 0 Å². The van der Waals surface area contributed by atoms with E-state index in [2.05, 4.69) is 69.4 Å². The van der Waals surface area contributed by atoms with E-state index in [1.54, 1.807) is 0 Å². The normalized spacial score (nSPS) is 12.5. The van der Waals surface area contributed by atoms with E-state index in [1.165, 1.54) is 212 Å². The van der Waals surface area contributed by atoms with E-state index in [9.17, 15) is 9.59 Å². The third kappa shape index (κ3) is 54.5. The van der Waals surface area contributed by atoms with Crippen molar-refractivity contribution in [2.75, 3.05) is 19.8 Å². The minimum atomic E-state index is -0.543. The second-order valence-corrected chi connectivity index (χ2v) is 19.5. The first-order valence-corrected chi connectivity index (χ1v) is 29.2. The minimum Gasteiger partial charge on any atom is -0.462 e. The maximum Gasteiger partial charge on any atom is 0.306 e. The largest absolute Gasteiger partial charge is 0.462 e. The summed E-state index contributed by atoms with van der Waals surface area (Å²) >= 11 is 0. The number of esters is 2. The van der Waals surface area contributed by atoms with E-state index in [1.807, 2.05) is 0 Å². The molecule has 0 radical (unpaired) electrons. The lowest BCUT2D eigenvalue weighted by Gasteiger charge is -2.18. The predicted molar refractivity (Wildman–Crippen MR) is 288 cm³/mol. The molecule has 0 spiro atoms. The highest BCUT2D eigenvalue weighted by atomic mass is 16.6. The van der Waals surface area contributed by atoms with Crippen LogP contribution in [0.4, 0.5) is 0 Å². The van der Waals surface area contributed by atoms with Gasteiger partial charge in [0.1, 0.15) is 6.61 Å². The molecule has 0 unspecified atom stereocenters.